The molecule has 0 aliphatic carbocycles. The molecule has 22 heavy (non-hydrogen) atoms. The first-order valence-corrected chi connectivity index (χ1v) is 6.72. The molecule has 1 aromatic rings. The molecule has 0 fully saturated rings. The largest absolute Gasteiger partial charge is 0.481 e. The number of ketones is 1. The van der Waals surface area contributed by atoms with Crippen LogP contribution < -0.4 is 5.32 Å². The molecule has 118 valence electrons. The summed E-state index contributed by atoms with van der Waals surface area (Å²) in [4.78, 5) is 44.8. The smallest absolute Gasteiger partial charge is 0.326 e. The average molecular weight is 307 g/mol. The van der Waals surface area contributed by atoms with Crippen LogP contribution in [0.25, 0.3) is 0 Å². The van der Waals surface area contributed by atoms with Gasteiger partial charge in [-0.3, -0.25) is 14.4 Å². The summed E-state index contributed by atoms with van der Waals surface area (Å²) in [7, 11) is 0. The number of carboxylic acids is 2. The maximum atomic E-state index is 11.8. The van der Waals surface area contributed by atoms with Crippen molar-refractivity contribution in [1.29, 1.82) is 0 Å². The molecular formula is C15H17NO6. The number of carboxylic acid groups (broad SMARTS) is 2. The maximum absolute atomic E-state index is 11.8. The molecule has 0 bridgehead atoms. The summed E-state index contributed by atoms with van der Waals surface area (Å²) in [6, 6.07) is 7.18. The maximum Gasteiger partial charge on any atom is 0.326 e. The fourth-order valence-electron chi connectivity index (χ4n) is 1.79. The van der Waals surface area contributed by atoms with E-state index in [1.807, 2.05) is 0 Å². The van der Waals surface area contributed by atoms with Crippen LogP contribution in [0.1, 0.15) is 36.0 Å². The van der Waals surface area contributed by atoms with Gasteiger partial charge in [-0.05, 0) is 6.42 Å². The summed E-state index contributed by atoms with van der Waals surface area (Å²) < 4.78 is 0. The van der Waals surface area contributed by atoms with Crippen LogP contribution in [-0.2, 0) is 14.4 Å². The molecule has 1 atom stereocenters. The zero-order valence-electron chi connectivity index (χ0n) is 11.8. The highest BCUT2D eigenvalue weighted by Gasteiger charge is 2.21. The molecule has 1 rings (SSSR count). The second kappa shape index (κ2) is 8.56. The first kappa shape index (κ1) is 17.4. The SMILES string of the molecule is O=C(O)CC[C@H](NC(=O)CCC(=O)c1ccccc1)C(=O)O. The van der Waals surface area contributed by atoms with Crippen molar-refractivity contribution in [1.82, 2.24) is 5.32 Å². The minimum absolute atomic E-state index is 0.0406. The van der Waals surface area contributed by atoms with Crippen LogP contribution in [-0.4, -0.2) is 39.9 Å². The Kier molecular flexibility index (Phi) is 6.75. The van der Waals surface area contributed by atoms with Gasteiger partial charge in [-0.2, -0.15) is 0 Å². The molecular weight excluding hydrogens is 290 g/mol. The van der Waals surface area contributed by atoms with Gasteiger partial charge in [0, 0.05) is 24.8 Å². The third kappa shape index (κ3) is 6.17. The molecule has 0 aliphatic heterocycles. The van der Waals surface area contributed by atoms with Crippen LogP contribution in [0.2, 0.25) is 0 Å². The van der Waals surface area contributed by atoms with E-state index in [9.17, 15) is 19.2 Å². The van der Waals surface area contributed by atoms with Crippen molar-refractivity contribution in [2.24, 2.45) is 0 Å². The second-order valence-electron chi connectivity index (χ2n) is 4.68. The monoisotopic (exact) mass is 307 g/mol. The lowest BCUT2D eigenvalue weighted by Gasteiger charge is -2.13. The zero-order valence-corrected chi connectivity index (χ0v) is 11.8. The Labute approximate surface area is 127 Å². The molecule has 0 radical (unpaired) electrons. The predicted octanol–water partition coefficient (Wildman–Crippen LogP) is 1.08. The van der Waals surface area contributed by atoms with E-state index >= 15 is 0 Å². The van der Waals surface area contributed by atoms with E-state index in [-0.39, 0.29) is 31.5 Å². The first-order valence-electron chi connectivity index (χ1n) is 6.72. The summed E-state index contributed by atoms with van der Waals surface area (Å²) in [5.74, 6) is -3.25. The van der Waals surface area contributed by atoms with Gasteiger partial charge >= 0.3 is 11.9 Å². The average Bonchev–Trinajstić information content (AvgIpc) is 2.49. The first-order chi connectivity index (χ1) is 10.4. The van der Waals surface area contributed by atoms with Crippen molar-refractivity contribution in [3.63, 3.8) is 0 Å². The van der Waals surface area contributed by atoms with Crippen molar-refractivity contribution in [2.75, 3.05) is 0 Å². The van der Waals surface area contributed by atoms with Crippen molar-refractivity contribution >= 4 is 23.6 Å². The van der Waals surface area contributed by atoms with E-state index < -0.39 is 23.9 Å². The minimum atomic E-state index is -1.30. The predicted molar refractivity (Wildman–Crippen MR) is 76.4 cm³/mol. The molecule has 1 amide bonds. The number of aliphatic carboxylic acids is 2. The number of benzene rings is 1. The molecule has 0 saturated carbocycles. The van der Waals surface area contributed by atoms with Gasteiger partial charge in [-0.1, -0.05) is 30.3 Å². The summed E-state index contributed by atoms with van der Waals surface area (Å²) in [6.07, 6.45) is -0.755. The van der Waals surface area contributed by atoms with Crippen LogP contribution in [0.5, 0.6) is 0 Å². The Balaban J connectivity index is 2.45. The van der Waals surface area contributed by atoms with Crippen LogP contribution in [0.3, 0.4) is 0 Å². The van der Waals surface area contributed by atoms with E-state index in [0.717, 1.165) is 0 Å². The number of carbonyl (C=O) groups is 4. The Bertz CT molecular complexity index is 554. The fourth-order valence-corrected chi connectivity index (χ4v) is 1.79. The lowest BCUT2D eigenvalue weighted by Crippen LogP contribution is -2.41. The third-order valence-electron chi connectivity index (χ3n) is 2.96. The van der Waals surface area contributed by atoms with Gasteiger partial charge < -0.3 is 15.5 Å². The Morgan fingerprint density at radius 3 is 2.14 bits per heavy atom. The standard InChI is InChI=1S/C15H17NO6/c17-12(10-4-2-1-3-5-10)7-8-13(18)16-11(15(21)22)6-9-14(19)20/h1-5,11H,6-9H2,(H,16,18)(H,19,20)(H,21,22)/t11-/m0/s1. The number of nitrogens with one attached hydrogen (secondary N) is 1. The fraction of sp³-hybridized carbons (Fsp3) is 0.333. The quantitative estimate of drug-likeness (QED) is 0.587. The van der Waals surface area contributed by atoms with Gasteiger partial charge in [0.25, 0.3) is 0 Å². The number of carbonyl (C=O) groups excluding carboxylic acids is 2. The van der Waals surface area contributed by atoms with Crippen molar-refractivity contribution in [2.45, 2.75) is 31.7 Å². The highest BCUT2D eigenvalue weighted by Crippen LogP contribution is 2.06. The van der Waals surface area contributed by atoms with E-state index in [1.165, 1.54) is 0 Å². The van der Waals surface area contributed by atoms with Gasteiger partial charge in [0.05, 0.1) is 0 Å². The van der Waals surface area contributed by atoms with Gasteiger partial charge in [0.15, 0.2) is 5.78 Å². The van der Waals surface area contributed by atoms with Crippen molar-refractivity contribution < 1.29 is 29.4 Å². The summed E-state index contributed by atoms with van der Waals surface area (Å²) in [5, 5.41) is 19.7. The number of hydrogen-bond acceptors (Lipinski definition) is 4. The van der Waals surface area contributed by atoms with E-state index in [1.54, 1.807) is 30.3 Å². The second-order valence-corrected chi connectivity index (χ2v) is 4.68. The van der Waals surface area contributed by atoms with Crippen LogP contribution in [0.15, 0.2) is 30.3 Å². The number of Topliss-reactive ketones (excluding diaryl/α,β-unsaturated/α-hetero) is 1. The van der Waals surface area contributed by atoms with Gasteiger partial charge in [-0.25, -0.2) is 4.79 Å². The molecule has 3 N–H and O–H groups in total. The normalized spacial score (nSPS) is 11.5. The van der Waals surface area contributed by atoms with Crippen molar-refractivity contribution in [3.05, 3.63) is 35.9 Å². The summed E-state index contributed by atoms with van der Waals surface area (Å²) >= 11 is 0. The van der Waals surface area contributed by atoms with E-state index in [4.69, 9.17) is 10.2 Å². The molecule has 0 heterocycles. The van der Waals surface area contributed by atoms with E-state index in [2.05, 4.69) is 5.32 Å². The molecule has 0 saturated heterocycles. The van der Waals surface area contributed by atoms with Crippen LogP contribution >= 0.6 is 0 Å². The number of hydrogen-bond donors (Lipinski definition) is 3. The highest BCUT2D eigenvalue weighted by atomic mass is 16.4. The number of amides is 1. The molecule has 7 heteroatoms. The minimum Gasteiger partial charge on any atom is -0.481 e. The zero-order chi connectivity index (χ0) is 16.5. The molecule has 1 aromatic carbocycles. The van der Waals surface area contributed by atoms with Crippen LogP contribution in [0, 0.1) is 0 Å². The Morgan fingerprint density at radius 2 is 1.59 bits per heavy atom. The molecule has 0 aliphatic rings. The molecule has 0 unspecified atom stereocenters. The molecule has 7 nitrogen and oxygen atoms in total. The van der Waals surface area contributed by atoms with E-state index in [0.29, 0.717) is 5.56 Å². The topological polar surface area (TPSA) is 121 Å². The summed E-state index contributed by atoms with van der Waals surface area (Å²) in [6.45, 7) is 0. The summed E-state index contributed by atoms with van der Waals surface area (Å²) in [5.41, 5.74) is 0.482. The Hall–Kier alpha value is -2.70. The van der Waals surface area contributed by atoms with Crippen LogP contribution in [0.4, 0.5) is 0 Å². The van der Waals surface area contributed by atoms with Gasteiger partial charge in [0.2, 0.25) is 5.91 Å². The Morgan fingerprint density at radius 1 is 0.955 bits per heavy atom. The lowest BCUT2D eigenvalue weighted by atomic mass is 10.1. The highest BCUT2D eigenvalue weighted by molar-refractivity contribution is 5.98. The molecule has 0 aromatic heterocycles. The van der Waals surface area contributed by atoms with Gasteiger partial charge in [0.1, 0.15) is 6.04 Å². The number of rotatable bonds is 9. The molecule has 0 spiro atoms. The lowest BCUT2D eigenvalue weighted by molar-refractivity contribution is -0.143. The third-order valence-corrected chi connectivity index (χ3v) is 2.96. The van der Waals surface area contributed by atoms with Crippen molar-refractivity contribution in [3.8, 4) is 0 Å². The van der Waals surface area contributed by atoms with Gasteiger partial charge in [-0.15, -0.1) is 0 Å².